The van der Waals surface area contributed by atoms with E-state index >= 15 is 0 Å². The maximum absolute atomic E-state index is 13.4. The topological polar surface area (TPSA) is 83.5 Å². The number of ether oxygens (including phenoxy) is 2. The van der Waals surface area contributed by atoms with Crippen LogP contribution in [-0.4, -0.2) is 37.4 Å². The number of benzene rings is 1. The highest BCUT2D eigenvalue weighted by molar-refractivity contribution is 5.79. The van der Waals surface area contributed by atoms with Gasteiger partial charge in [-0.05, 0) is 42.5 Å². The molecule has 3 atom stereocenters. The molecule has 4 heterocycles. The molecule has 1 fully saturated rings. The van der Waals surface area contributed by atoms with Gasteiger partial charge in [-0.25, -0.2) is 4.98 Å². The van der Waals surface area contributed by atoms with E-state index in [0.29, 0.717) is 53.3 Å². The summed E-state index contributed by atoms with van der Waals surface area (Å²) in [5, 5.41) is 5.23. The Balaban J connectivity index is 1.44. The Bertz CT molecular complexity index is 1390. The fraction of sp³-hybridized carbons (Fsp3) is 0.417. The molecule has 0 radical (unpaired) electrons. The third kappa shape index (κ3) is 2.97. The maximum Gasteiger partial charge on any atom is 0.261 e. The molecule has 3 aromatic heterocycles. The first-order valence-electron chi connectivity index (χ1n) is 11.3. The Morgan fingerprint density at radius 2 is 1.91 bits per heavy atom. The largest absolute Gasteiger partial charge is 0.486 e. The lowest BCUT2D eigenvalue weighted by atomic mass is 9.78. The summed E-state index contributed by atoms with van der Waals surface area (Å²) in [7, 11) is 0. The van der Waals surface area contributed by atoms with E-state index in [2.05, 4.69) is 28.9 Å². The number of hydrogen-bond donors (Lipinski definition) is 0. The number of rotatable bonds is 2. The third-order valence-electron chi connectivity index (χ3n) is 7.08. The molecule has 164 valence electrons. The van der Waals surface area contributed by atoms with Gasteiger partial charge in [0.15, 0.2) is 17.3 Å². The normalized spacial score (nSPS) is 23.0. The highest BCUT2D eigenvalue weighted by Crippen LogP contribution is 2.37. The van der Waals surface area contributed by atoms with Crippen LogP contribution in [-0.2, 0) is 0 Å². The van der Waals surface area contributed by atoms with Gasteiger partial charge in [0.1, 0.15) is 13.2 Å². The molecule has 0 N–H and O–H groups in total. The van der Waals surface area contributed by atoms with E-state index in [9.17, 15) is 4.79 Å². The fourth-order valence-electron chi connectivity index (χ4n) is 5.05. The summed E-state index contributed by atoms with van der Waals surface area (Å²) in [4.78, 5) is 22.4. The summed E-state index contributed by atoms with van der Waals surface area (Å²) >= 11 is 0. The van der Waals surface area contributed by atoms with Crippen LogP contribution >= 0.6 is 0 Å². The minimum absolute atomic E-state index is 0.0146. The van der Waals surface area contributed by atoms with Crippen molar-refractivity contribution in [3.8, 4) is 22.9 Å². The van der Waals surface area contributed by atoms with Crippen LogP contribution in [0.3, 0.4) is 0 Å². The predicted octanol–water partition coefficient (Wildman–Crippen LogP) is 3.87. The van der Waals surface area contributed by atoms with Crippen molar-refractivity contribution < 1.29 is 9.47 Å². The van der Waals surface area contributed by atoms with Crippen LogP contribution in [0, 0.1) is 11.8 Å². The van der Waals surface area contributed by atoms with Crippen molar-refractivity contribution in [3.05, 3.63) is 47.0 Å². The smallest absolute Gasteiger partial charge is 0.261 e. The first-order valence-corrected chi connectivity index (χ1v) is 11.3. The van der Waals surface area contributed by atoms with Crippen LogP contribution in [0.5, 0.6) is 11.5 Å². The zero-order valence-electron chi connectivity index (χ0n) is 18.2. The molecule has 0 amide bonds. The second kappa shape index (κ2) is 7.32. The van der Waals surface area contributed by atoms with Crippen LogP contribution in [0.2, 0.25) is 0 Å². The summed E-state index contributed by atoms with van der Waals surface area (Å²) in [6.45, 7) is 5.60. The van der Waals surface area contributed by atoms with Gasteiger partial charge >= 0.3 is 0 Å². The van der Waals surface area contributed by atoms with Crippen molar-refractivity contribution in [3.63, 3.8) is 0 Å². The van der Waals surface area contributed by atoms with Crippen molar-refractivity contribution in [1.29, 1.82) is 0 Å². The van der Waals surface area contributed by atoms with E-state index in [1.807, 2.05) is 35.0 Å². The van der Waals surface area contributed by atoms with Gasteiger partial charge in [0.25, 0.3) is 11.3 Å². The average molecular weight is 431 g/mol. The monoisotopic (exact) mass is 431 g/mol. The van der Waals surface area contributed by atoms with Gasteiger partial charge in [-0.1, -0.05) is 26.7 Å². The zero-order chi connectivity index (χ0) is 21.8. The second-order valence-corrected chi connectivity index (χ2v) is 8.93. The molecule has 6 rings (SSSR count). The van der Waals surface area contributed by atoms with E-state index < -0.39 is 0 Å². The molecule has 0 spiro atoms. The van der Waals surface area contributed by atoms with Crippen LogP contribution in [0.4, 0.5) is 0 Å². The molecule has 1 aromatic carbocycles. The standard InChI is InChI=1S/C24H25N5O3/c1-14-4-3-5-18(15(14)2)28-9-8-19-17(23(28)30)13-25-24-26-22(27-29(19)24)16-6-7-20-21(12-16)32-11-10-31-20/h6-9,12-15,18H,3-5,10-11H2,1-2H3. The van der Waals surface area contributed by atoms with Crippen molar-refractivity contribution >= 4 is 16.7 Å². The van der Waals surface area contributed by atoms with Gasteiger partial charge in [0.05, 0.1) is 10.9 Å². The number of nitrogens with zero attached hydrogens (tertiary/aromatic N) is 5. The molecule has 3 unspecified atom stereocenters. The Morgan fingerprint density at radius 1 is 1.06 bits per heavy atom. The van der Waals surface area contributed by atoms with Crippen molar-refractivity contribution in [2.45, 2.75) is 39.2 Å². The van der Waals surface area contributed by atoms with Gasteiger partial charge in [0.2, 0.25) is 0 Å². The Labute approximate surface area is 184 Å². The lowest BCUT2D eigenvalue weighted by Gasteiger charge is -2.35. The van der Waals surface area contributed by atoms with Crippen LogP contribution in [0.1, 0.15) is 39.2 Å². The molecule has 2 aliphatic rings. The zero-order valence-corrected chi connectivity index (χ0v) is 18.2. The van der Waals surface area contributed by atoms with Crippen LogP contribution in [0.25, 0.3) is 28.1 Å². The highest BCUT2D eigenvalue weighted by Gasteiger charge is 2.29. The first-order chi connectivity index (χ1) is 15.6. The molecule has 1 saturated carbocycles. The summed E-state index contributed by atoms with van der Waals surface area (Å²) in [6, 6.07) is 7.83. The van der Waals surface area contributed by atoms with Crippen molar-refractivity contribution in [2.24, 2.45) is 11.8 Å². The van der Waals surface area contributed by atoms with Crippen LogP contribution in [0.15, 0.2) is 41.5 Å². The number of pyridine rings is 1. The molecule has 8 heteroatoms. The number of fused-ring (bicyclic) bond motifs is 4. The van der Waals surface area contributed by atoms with Gasteiger partial charge in [0, 0.05) is 24.0 Å². The minimum atomic E-state index is -0.0146. The molecule has 1 aliphatic heterocycles. The van der Waals surface area contributed by atoms with E-state index in [1.54, 1.807) is 10.7 Å². The summed E-state index contributed by atoms with van der Waals surface area (Å²) in [5.41, 5.74) is 1.51. The third-order valence-corrected chi connectivity index (χ3v) is 7.08. The quantitative estimate of drug-likeness (QED) is 0.479. The van der Waals surface area contributed by atoms with Gasteiger partial charge in [-0.15, -0.1) is 5.10 Å². The average Bonchev–Trinajstić information content (AvgIpc) is 3.26. The predicted molar refractivity (Wildman–Crippen MR) is 120 cm³/mol. The maximum atomic E-state index is 13.4. The fourth-order valence-corrected chi connectivity index (χ4v) is 5.05. The minimum Gasteiger partial charge on any atom is -0.486 e. The molecule has 0 saturated heterocycles. The summed E-state index contributed by atoms with van der Waals surface area (Å²) < 4.78 is 14.8. The first kappa shape index (κ1) is 19.3. The van der Waals surface area contributed by atoms with Gasteiger partial charge in [-0.3, -0.25) is 4.79 Å². The van der Waals surface area contributed by atoms with E-state index in [-0.39, 0.29) is 11.6 Å². The Hall–Kier alpha value is -3.42. The lowest BCUT2D eigenvalue weighted by Crippen LogP contribution is -2.33. The molecular formula is C24H25N5O3. The molecule has 0 bridgehead atoms. The molecule has 1 aliphatic carbocycles. The van der Waals surface area contributed by atoms with Crippen molar-refractivity contribution in [1.82, 2.24) is 24.1 Å². The molecule has 4 aromatic rings. The van der Waals surface area contributed by atoms with E-state index in [0.717, 1.165) is 24.2 Å². The van der Waals surface area contributed by atoms with Crippen molar-refractivity contribution in [2.75, 3.05) is 13.2 Å². The van der Waals surface area contributed by atoms with Crippen LogP contribution < -0.4 is 15.0 Å². The second-order valence-electron chi connectivity index (χ2n) is 8.93. The Morgan fingerprint density at radius 3 is 2.78 bits per heavy atom. The van der Waals surface area contributed by atoms with E-state index in [4.69, 9.17) is 9.47 Å². The molecule has 8 nitrogen and oxygen atoms in total. The SMILES string of the molecule is CC1CCCC(n2ccc3c(cnc4nc(-c5ccc6c(c5)OCCO6)nn43)c2=O)C1C. The summed E-state index contributed by atoms with van der Waals surface area (Å²) in [6.07, 6.45) is 6.95. The number of aromatic nitrogens is 5. The number of hydrogen-bond acceptors (Lipinski definition) is 6. The molecular weight excluding hydrogens is 406 g/mol. The Kier molecular flexibility index (Phi) is 4.41. The molecule has 32 heavy (non-hydrogen) atoms. The van der Waals surface area contributed by atoms with Gasteiger partial charge in [-0.2, -0.15) is 9.50 Å². The lowest BCUT2D eigenvalue weighted by molar-refractivity contribution is 0.171. The summed E-state index contributed by atoms with van der Waals surface area (Å²) in [5.74, 6) is 3.47. The highest BCUT2D eigenvalue weighted by atomic mass is 16.6. The van der Waals surface area contributed by atoms with E-state index in [1.165, 1.54) is 6.42 Å². The van der Waals surface area contributed by atoms with Gasteiger partial charge < -0.3 is 14.0 Å².